The van der Waals surface area contributed by atoms with Crippen molar-refractivity contribution in [3.05, 3.63) is 69.1 Å². The number of carbonyl (C=O) groups excluding carboxylic acids is 2. The van der Waals surface area contributed by atoms with E-state index in [1.807, 2.05) is 32.9 Å². The Hall–Kier alpha value is -3.48. The number of aryl methyl sites for hydroxylation is 4. The Morgan fingerprint density at radius 3 is 2.28 bits per heavy atom. The molecule has 0 saturated heterocycles. The third-order valence-corrected chi connectivity index (χ3v) is 4.73. The van der Waals surface area contributed by atoms with Gasteiger partial charge < -0.3 is 10.1 Å². The maximum Gasteiger partial charge on any atom is 0.360 e. The van der Waals surface area contributed by atoms with Crippen LogP contribution in [0, 0.1) is 20.8 Å². The molecule has 1 aromatic heterocycles. The third kappa shape index (κ3) is 4.03. The highest BCUT2D eigenvalue weighted by atomic mass is 16.5. The van der Waals surface area contributed by atoms with Crippen molar-refractivity contribution in [2.75, 3.05) is 5.32 Å². The first-order valence-electron chi connectivity index (χ1n) is 9.24. The van der Waals surface area contributed by atoms with E-state index in [0.29, 0.717) is 16.5 Å². The fourth-order valence-corrected chi connectivity index (χ4v) is 3.32. The van der Waals surface area contributed by atoms with E-state index in [1.54, 1.807) is 24.3 Å². The number of benzene rings is 2. The van der Waals surface area contributed by atoms with Crippen molar-refractivity contribution in [2.45, 2.75) is 33.8 Å². The number of fused-ring (bicyclic) bond motifs is 1. The van der Waals surface area contributed by atoms with Crippen LogP contribution in [0.25, 0.3) is 10.8 Å². The lowest BCUT2D eigenvalue weighted by Gasteiger charge is -2.17. The van der Waals surface area contributed by atoms with Crippen LogP contribution in [0.1, 0.15) is 34.1 Å². The summed E-state index contributed by atoms with van der Waals surface area (Å²) in [5, 5.41) is 7.61. The predicted molar refractivity (Wildman–Crippen MR) is 111 cm³/mol. The highest BCUT2D eigenvalue weighted by Gasteiger charge is 2.23. The van der Waals surface area contributed by atoms with Crippen LogP contribution in [0.2, 0.25) is 0 Å². The smallest absolute Gasteiger partial charge is 0.360 e. The van der Waals surface area contributed by atoms with Crippen LogP contribution >= 0.6 is 0 Å². The summed E-state index contributed by atoms with van der Waals surface area (Å²) in [5.41, 5.74) is 3.35. The first-order valence-corrected chi connectivity index (χ1v) is 9.24. The summed E-state index contributed by atoms with van der Waals surface area (Å²) in [5.74, 6) is -1.21. The molecule has 1 atom stereocenters. The average Bonchev–Trinajstić information content (AvgIpc) is 2.67. The van der Waals surface area contributed by atoms with E-state index in [9.17, 15) is 14.4 Å². The standard InChI is InChI=1S/C22H23N3O4/c1-12-10-13(2)18(14(3)11-12)23-20(26)15(4)29-22(28)19-16-8-6-7-9-17(16)21(27)25(5)24-19/h6-11,15H,1-5H3,(H,23,26)/t15-/m1/s1. The number of amides is 1. The number of hydrogen-bond donors (Lipinski definition) is 1. The molecule has 150 valence electrons. The third-order valence-electron chi connectivity index (χ3n) is 4.73. The minimum atomic E-state index is -1.04. The van der Waals surface area contributed by atoms with E-state index in [4.69, 9.17) is 4.74 Å². The monoisotopic (exact) mass is 393 g/mol. The highest BCUT2D eigenvalue weighted by Crippen LogP contribution is 2.22. The topological polar surface area (TPSA) is 90.3 Å². The number of carbonyl (C=O) groups is 2. The molecule has 29 heavy (non-hydrogen) atoms. The van der Waals surface area contributed by atoms with E-state index >= 15 is 0 Å². The maximum absolute atomic E-state index is 12.7. The largest absolute Gasteiger partial charge is 0.448 e. The van der Waals surface area contributed by atoms with E-state index in [0.717, 1.165) is 21.4 Å². The molecule has 0 saturated carbocycles. The van der Waals surface area contributed by atoms with Gasteiger partial charge >= 0.3 is 5.97 Å². The van der Waals surface area contributed by atoms with Crippen LogP contribution in [-0.2, 0) is 16.6 Å². The molecule has 1 amide bonds. The Labute approximate surface area is 168 Å². The lowest BCUT2D eigenvalue weighted by molar-refractivity contribution is -0.123. The van der Waals surface area contributed by atoms with Crippen LogP contribution < -0.4 is 10.9 Å². The molecule has 3 aromatic rings. The van der Waals surface area contributed by atoms with Crippen LogP contribution in [-0.4, -0.2) is 27.8 Å². The fourth-order valence-electron chi connectivity index (χ4n) is 3.32. The van der Waals surface area contributed by atoms with Gasteiger partial charge in [0.05, 0.1) is 5.39 Å². The predicted octanol–water partition coefficient (Wildman–Crippen LogP) is 3.04. The molecule has 0 aliphatic carbocycles. The highest BCUT2D eigenvalue weighted by molar-refractivity contribution is 6.04. The second-order valence-electron chi connectivity index (χ2n) is 7.13. The zero-order valence-electron chi connectivity index (χ0n) is 17.1. The van der Waals surface area contributed by atoms with E-state index in [1.165, 1.54) is 14.0 Å². The van der Waals surface area contributed by atoms with Crippen molar-refractivity contribution < 1.29 is 14.3 Å². The number of anilines is 1. The number of nitrogens with zero attached hydrogens (tertiary/aromatic N) is 2. The number of hydrogen-bond acceptors (Lipinski definition) is 5. The van der Waals surface area contributed by atoms with Crippen molar-refractivity contribution in [3.8, 4) is 0 Å². The second-order valence-corrected chi connectivity index (χ2v) is 7.13. The van der Waals surface area contributed by atoms with Gasteiger partial charge in [0.1, 0.15) is 0 Å². The molecule has 0 aliphatic heterocycles. The zero-order chi connectivity index (χ0) is 21.3. The molecule has 3 rings (SSSR count). The molecular weight excluding hydrogens is 370 g/mol. The fraction of sp³-hybridized carbons (Fsp3) is 0.273. The SMILES string of the molecule is Cc1cc(C)c(NC(=O)[C@@H](C)OC(=O)c2nn(C)c(=O)c3ccccc23)c(C)c1. The van der Waals surface area contributed by atoms with Gasteiger partial charge in [0.25, 0.3) is 11.5 Å². The van der Waals surface area contributed by atoms with Gasteiger partial charge in [-0.2, -0.15) is 5.10 Å². The lowest BCUT2D eigenvalue weighted by Crippen LogP contribution is -2.32. The summed E-state index contributed by atoms with van der Waals surface area (Å²) in [4.78, 5) is 37.5. The molecule has 0 radical (unpaired) electrons. The number of esters is 1. The molecule has 0 spiro atoms. The molecule has 2 aromatic carbocycles. The maximum atomic E-state index is 12.7. The van der Waals surface area contributed by atoms with Gasteiger partial charge in [0.2, 0.25) is 0 Å². The van der Waals surface area contributed by atoms with E-state index in [-0.39, 0.29) is 11.3 Å². The molecule has 0 bridgehead atoms. The molecule has 0 aliphatic rings. The zero-order valence-corrected chi connectivity index (χ0v) is 17.1. The van der Waals surface area contributed by atoms with Crippen LogP contribution in [0.3, 0.4) is 0 Å². The van der Waals surface area contributed by atoms with Gasteiger partial charge in [-0.25, -0.2) is 9.48 Å². The van der Waals surface area contributed by atoms with Crippen molar-refractivity contribution in [2.24, 2.45) is 7.05 Å². The minimum Gasteiger partial charge on any atom is -0.448 e. The summed E-state index contributed by atoms with van der Waals surface area (Å²) in [6.07, 6.45) is -1.04. The Morgan fingerprint density at radius 1 is 1.07 bits per heavy atom. The average molecular weight is 393 g/mol. The molecule has 0 fully saturated rings. The van der Waals surface area contributed by atoms with Crippen LogP contribution in [0.15, 0.2) is 41.2 Å². The first kappa shape index (κ1) is 20.3. The van der Waals surface area contributed by atoms with Crippen molar-refractivity contribution in [1.29, 1.82) is 0 Å². The van der Waals surface area contributed by atoms with Crippen molar-refractivity contribution in [3.63, 3.8) is 0 Å². The Balaban J connectivity index is 1.83. The quantitative estimate of drug-likeness (QED) is 0.688. The molecular formula is C22H23N3O4. The summed E-state index contributed by atoms with van der Waals surface area (Å²) in [7, 11) is 1.46. The number of ether oxygens (including phenoxy) is 1. The lowest BCUT2D eigenvalue weighted by atomic mass is 10.0. The number of nitrogens with one attached hydrogen (secondary N) is 1. The molecule has 7 heteroatoms. The van der Waals surface area contributed by atoms with Crippen LogP contribution in [0.4, 0.5) is 5.69 Å². The Bertz CT molecular complexity index is 1160. The summed E-state index contributed by atoms with van der Waals surface area (Å²) >= 11 is 0. The van der Waals surface area contributed by atoms with Gasteiger partial charge in [-0.15, -0.1) is 0 Å². The summed E-state index contributed by atoms with van der Waals surface area (Å²) in [6, 6.07) is 10.6. The van der Waals surface area contributed by atoms with Crippen LogP contribution in [0.5, 0.6) is 0 Å². The van der Waals surface area contributed by atoms with E-state index in [2.05, 4.69) is 10.4 Å². The van der Waals surface area contributed by atoms with Gasteiger partial charge in [-0.3, -0.25) is 9.59 Å². The Morgan fingerprint density at radius 2 is 1.66 bits per heavy atom. The molecule has 0 unspecified atom stereocenters. The minimum absolute atomic E-state index is 0.00922. The first-order chi connectivity index (χ1) is 13.7. The normalized spacial score (nSPS) is 11.9. The van der Waals surface area contributed by atoms with Gasteiger partial charge in [-0.05, 0) is 44.9 Å². The molecule has 7 nitrogen and oxygen atoms in total. The van der Waals surface area contributed by atoms with Gasteiger partial charge in [0, 0.05) is 18.1 Å². The van der Waals surface area contributed by atoms with Crippen molar-refractivity contribution in [1.82, 2.24) is 9.78 Å². The van der Waals surface area contributed by atoms with Gasteiger partial charge in [-0.1, -0.05) is 35.9 Å². The molecule has 1 N–H and O–H groups in total. The second kappa shape index (κ2) is 7.87. The van der Waals surface area contributed by atoms with Gasteiger partial charge in [0.15, 0.2) is 11.8 Å². The Kier molecular flexibility index (Phi) is 5.50. The van der Waals surface area contributed by atoms with E-state index < -0.39 is 18.0 Å². The number of aromatic nitrogens is 2. The van der Waals surface area contributed by atoms with Crippen molar-refractivity contribution >= 4 is 28.3 Å². The summed E-state index contributed by atoms with van der Waals surface area (Å²) in [6.45, 7) is 7.30. The number of rotatable bonds is 4. The summed E-state index contributed by atoms with van der Waals surface area (Å²) < 4.78 is 6.43. The molecule has 1 heterocycles.